The van der Waals surface area contributed by atoms with E-state index < -0.39 is 6.03 Å². The van der Waals surface area contributed by atoms with Crippen LogP contribution in [0.25, 0.3) is 11.0 Å². The number of amides is 4. The molecule has 1 saturated heterocycles. The highest BCUT2D eigenvalue weighted by Crippen LogP contribution is 2.22. The smallest absolute Gasteiger partial charge is 0.321 e. The minimum atomic E-state index is -0.702. The number of pyridine rings is 2. The maximum atomic E-state index is 12.4. The number of nitrogens with two attached hydrogens (primary N) is 1. The average Bonchev–Trinajstić information content (AvgIpc) is 3.24. The van der Waals surface area contributed by atoms with Crippen LogP contribution in [0.3, 0.4) is 0 Å². The summed E-state index contributed by atoms with van der Waals surface area (Å²) in [4.78, 5) is 44.3. The van der Waals surface area contributed by atoms with Gasteiger partial charge in [-0.25, -0.2) is 14.6 Å². The predicted octanol–water partition coefficient (Wildman–Crippen LogP) is 2.79. The van der Waals surface area contributed by atoms with Crippen LogP contribution in [-0.2, 0) is 0 Å². The maximum Gasteiger partial charge on any atom is 0.321 e. The Morgan fingerprint density at radius 2 is 1.80 bits per heavy atom. The molecule has 1 fully saturated rings. The molecule has 3 aromatic rings. The Labute approximate surface area is 171 Å². The number of fused-ring (bicyclic) bond motifs is 1. The number of H-pyrrole nitrogens is 1. The van der Waals surface area contributed by atoms with Crippen molar-refractivity contribution in [2.75, 3.05) is 29.0 Å². The monoisotopic (exact) mass is 407 g/mol. The molecule has 4 rings (SSSR count). The fourth-order valence-corrected chi connectivity index (χ4v) is 3.35. The van der Waals surface area contributed by atoms with Crippen LogP contribution < -0.4 is 27.2 Å². The Bertz CT molecular complexity index is 1170. The number of hydrogen-bond donors (Lipinski definition) is 5. The average molecular weight is 407 g/mol. The van der Waals surface area contributed by atoms with Crippen molar-refractivity contribution in [3.05, 3.63) is 52.9 Å². The van der Waals surface area contributed by atoms with Crippen molar-refractivity contribution in [1.82, 2.24) is 14.9 Å². The normalized spacial score (nSPS) is 13.3. The largest absolute Gasteiger partial charge is 0.351 e. The topological polar surface area (TPSA) is 145 Å². The van der Waals surface area contributed by atoms with Gasteiger partial charge in [0, 0.05) is 29.9 Å². The van der Waals surface area contributed by atoms with Gasteiger partial charge in [0.05, 0.1) is 11.9 Å². The van der Waals surface area contributed by atoms with Gasteiger partial charge in [-0.3, -0.25) is 4.79 Å². The van der Waals surface area contributed by atoms with Gasteiger partial charge in [0.2, 0.25) is 0 Å². The van der Waals surface area contributed by atoms with Crippen LogP contribution in [0.15, 0.2) is 47.4 Å². The summed E-state index contributed by atoms with van der Waals surface area (Å²) in [6.45, 7) is 1.52. The highest BCUT2D eigenvalue weighted by Gasteiger charge is 2.17. The lowest BCUT2D eigenvalue weighted by Crippen LogP contribution is -2.32. The number of hydrogen-bond acceptors (Lipinski definition) is 5. The van der Waals surface area contributed by atoms with Crippen LogP contribution in [0.4, 0.5) is 32.3 Å². The molecule has 0 bridgehead atoms. The Hall–Kier alpha value is -4.08. The van der Waals surface area contributed by atoms with Crippen LogP contribution >= 0.6 is 0 Å². The molecule has 30 heavy (non-hydrogen) atoms. The summed E-state index contributed by atoms with van der Waals surface area (Å²) >= 11 is 0. The minimum Gasteiger partial charge on any atom is -0.351 e. The number of primary amides is 1. The molecule has 2 aromatic heterocycles. The SMILES string of the molecule is NC(=O)Nc1cnc2[nH]c(=O)c(Nc3cccc(NC(=O)N4CCCC4)c3)cc2c1. The Kier molecular flexibility index (Phi) is 5.21. The summed E-state index contributed by atoms with van der Waals surface area (Å²) in [6.07, 6.45) is 3.44. The first-order valence-electron chi connectivity index (χ1n) is 9.50. The van der Waals surface area contributed by atoms with E-state index in [1.165, 1.54) is 6.20 Å². The molecule has 0 atom stereocenters. The van der Waals surface area contributed by atoms with Crippen LogP contribution in [0.2, 0.25) is 0 Å². The number of carbonyl (C=O) groups is 2. The summed E-state index contributed by atoms with van der Waals surface area (Å²) in [7, 11) is 0. The quantitative estimate of drug-likeness (QED) is 0.451. The molecule has 0 aliphatic carbocycles. The fourth-order valence-electron chi connectivity index (χ4n) is 3.35. The Morgan fingerprint density at radius 3 is 2.57 bits per heavy atom. The van der Waals surface area contributed by atoms with Crippen molar-refractivity contribution in [3.8, 4) is 0 Å². The molecule has 0 radical (unpaired) electrons. The van der Waals surface area contributed by atoms with E-state index in [4.69, 9.17) is 5.73 Å². The van der Waals surface area contributed by atoms with Crippen LogP contribution in [-0.4, -0.2) is 40.0 Å². The number of aromatic amines is 1. The molecule has 4 amide bonds. The van der Waals surface area contributed by atoms with Crippen LogP contribution in [0, 0.1) is 0 Å². The van der Waals surface area contributed by atoms with Crippen molar-refractivity contribution in [1.29, 1.82) is 0 Å². The lowest BCUT2D eigenvalue weighted by molar-refractivity contribution is 0.222. The molecular formula is C20H21N7O3. The molecule has 6 N–H and O–H groups in total. The zero-order valence-corrected chi connectivity index (χ0v) is 16.1. The van der Waals surface area contributed by atoms with Crippen molar-refractivity contribution < 1.29 is 9.59 Å². The van der Waals surface area contributed by atoms with Gasteiger partial charge in [-0.1, -0.05) is 6.07 Å². The molecule has 1 aromatic carbocycles. The van der Waals surface area contributed by atoms with Gasteiger partial charge in [-0.2, -0.15) is 0 Å². The van der Waals surface area contributed by atoms with Crippen molar-refractivity contribution in [3.63, 3.8) is 0 Å². The first kappa shape index (κ1) is 19.2. The van der Waals surface area contributed by atoms with E-state index >= 15 is 0 Å². The maximum absolute atomic E-state index is 12.4. The van der Waals surface area contributed by atoms with Gasteiger partial charge in [0.1, 0.15) is 11.3 Å². The number of anilines is 4. The molecule has 0 saturated carbocycles. The second kappa shape index (κ2) is 8.11. The first-order valence-corrected chi connectivity index (χ1v) is 9.50. The van der Waals surface area contributed by atoms with Gasteiger partial charge in [-0.05, 0) is 43.2 Å². The number of nitrogens with one attached hydrogen (secondary N) is 4. The lowest BCUT2D eigenvalue weighted by Gasteiger charge is -2.16. The minimum absolute atomic E-state index is 0.131. The van der Waals surface area contributed by atoms with Gasteiger partial charge < -0.3 is 31.6 Å². The number of rotatable bonds is 4. The number of benzene rings is 1. The van der Waals surface area contributed by atoms with Crippen molar-refractivity contribution in [2.24, 2.45) is 5.73 Å². The predicted molar refractivity (Wildman–Crippen MR) is 115 cm³/mol. The number of carbonyl (C=O) groups excluding carboxylic acids is 2. The second-order valence-electron chi connectivity index (χ2n) is 6.99. The molecular weight excluding hydrogens is 386 g/mol. The molecule has 10 heteroatoms. The highest BCUT2D eigenvalue weighted by molar-refractivity contribution is 5.91. The third kappa shape index (κ3) is 4.32. The summed E-state index contributed by atoms with van der Waals surface area (Å²) in [6, 6.07) is 9.56. The summed E-state index contributed by atoms with van der Waals surface area (Å²) < 4.78 is 0. The van der Waals surface area contributed by atoms with Gasteiger partial charge in [-0.15, -0.1) is 0 Å². The number of likely N-dealkylation sites (tertiary alicyclic amines) is 1. The number of aromatic nitrogens is 2. The standard InChI is InChI=1S/C20H21N7O3/c21-19(29)24-15-8-12-9-16(18(28)26-17(12)22-11-15)23-13-4-3-5-14(10-13)25-20(30)27-6-1-2-7-27/h3-5,8-11,23H,1-2,6-7H2,(H,25,30)(H3,21,24,29)(H,22,26,28). The van der Waals surface area contributed by atoms with Crippen molar-refractivity contribution >= 4 is 45.8 Å². The van der Waals surface area contributed by atoms with E-state index in [0.717, 1.165) is 25.9 Å². The fraction of sp³-hybridized carbons (Fsp3) is 0.200. The zero-order valence-electron chi connectivity index (χ0n) is 16.1. The lowest BCUT2D eigenvalue weighted by atomic mass is 10.2. The van der Waals surface area contributed by atoms with E-state index in [1.807, 2.05) is 0 Å². The Morgan fingerprint density at radius 1 is 1.03 bits per heavy atom. The van der Waals surface area contributed by atoms with Crippen molar-refractivity contribution in [2.45, 2.75) is 12.8 Å². The first-order chi connectivity index (χ1) is 14.5. The summed E-state index contributed by atoms with van der Waals surface area (Å²) in [5.74, 6) is 0. The van der Waals surface area contributed by atoms with E-state index in [0.29, 0.717) is 33.8 Å². The van der Waals surface area contributed by atoms with Gasteiger partial charge in [0.15, 0.2) is 0 Å². The van der Waals surface area contributed by atoms with Crippen LogP contribution in [0.5, 0.6) is 0 Å². The molecule has 3 heterocycles. The molecule has 1 aliphatic heterocycles. The van der Waals surface area contributed by atoms with Gasteiger partial charge >= 0.3 is 12.1 Å². The van der Waals surface area contributed by atoms with E-state index in [9.17, 15) is 14.4 Å². The van der Waals surface area contributed by atoms with E-state index in [2.05, 4.69) is 25.9 Å². The number of urea groups is 2. The molecule has 10 nitrogen and oxygen atoms in total. The third-order valence-electron chi connectivity index (χ3n) is 4.75. The van der Waals surface area contributed by atoms with Gasteiger partial charge in [0.25, 0.3) is 5.56 Å². The summed E-state index contributed by atoms with van der Waals surface area (Å²) in [5.41, 5.74) is 7.14. The highest BCUT2D eigenvalue weighted by atomic mass is 16.2. The summed E-state index contributed by atoms with van der Waals surface area (Å²) in [5, 5.41) is 9.00. The van der Waals surface area contributed by atoms with Crippen LogP contribution in [0.1, 0.15) is 12.8 Å². The molecule has 154 valence electrons. The van der Waals surface area contributed by atoms with E-state index in [1.54, 1.807) is 41.3 Å². The third-order valence-corrected chi connectivity index (χ3v) is 4.75. The van der Waals surface area contributed by atoms with E-state index in [-0.39, 0.29) is 11.6 Å². The molecule has 0 unspecified atom stereocenters. The second-order valence-corrected chi connectivity index (χ2v) is 6.99. The molecule has 0 spiro atoms. The zero-order chi connectivity index (χ0) is 21.1. The number of nitrogens with zero attached hydrogens (tertiary/aromatic N) is 2. The Balaban J connectivity index is 1.55. The molecule has 1 aliphatic rings.